The molecular weight excluding hydrogens is 379 g/mol. The number of ether oxygens (including phenoxy) is 2. The Labute approximate surface area is 174 Å². The summed E-state index contributed by atoms with van der Waals surface area (Å²) in [6.45, 7) is -2.75. The van der Waals surface area contributed by atoms with E-state index < -0.39 is 32.4 Å². The second kappa shape index (κ2) is 9.31. The van der Waals surface area contributed by atoms with Crippen molar-refractivity contribution >= 4 is 12.1 Å². The summed E-state index contributed by atoms with van der Waals surface area (Å²) in [6, 6.07) is 4.07. The van der Waals surface area contributed by atoms with Crippen LogP contribution in [0.15, 0.2) is 48.1 Å². The highest BCUT2D eigenvalue weighted by Crippen LogP contribution is 2.18. The number of amides is 1. The van der Waals surface area contributed by atoms with Crippen LogP contribution >= 0.6 is 0 Å². The van der Waals surface area contributed by atoms with Gasteiger partial charge >= 0.3 is 0 Å². The third kappa shape index (κ3) is 5.06. The standard InChI is InChI=1S/C19H17FN6O3/c1-3-29-17-5-4-12(7-22-17)15-10-21-11-16(25-15)19(27)26-24-8-13-6-14(28-2)9-23-18(13)20/h4-11H,3H2,1-2H3,(H,26,27)/b24-8+/i1D3,2D3. The lowest BCUT2D eigenvalue weighted by Gasteiger charge is -2.05. The van der Waals surface area contributed by atoms with Gasteiger partial charge in [0.25, 0.3) is 5.91 Å². The van der Waals surface area contributed by atoms with Crippen molar-refractivity contribution in [1.82, 2.24) is 25.4 Å². The zero-order chi connectivity index (χ0) is 25.6. The van der Waals surface area contributed by atoms with E-state index in [9.17, 15) is 9.18 Å². The summed E-state index contributed by atoms with van der Waals surface area (Å²) < 4.78 is 66.2. The predicted octanol–water partition coefficient (Wildman–Crippen LogP) is 2.24. The van der Waals surface area contributed by atoms with Gasteiger partial charge in [0.05, 0.1) is 53.8 Å². The van der Waals surface area contributed by atoms with E-state index in [-0.39, 0.29) is 22.9 Å². The highest BCUT2D eigenvalue weighted by molar-refractivity contribution is 5.93. The molecule has 0 saturated carbocycles. The molecule has 3 rings (SSSR count). The normalized spacial score (nSPS) is 14.7. The summed E-state index contributed by atoms with van der Waals surface area (Å²) in [5, 5.41) is 3.63. The molecule has 0 saturated heterocycles. The van der Waals surface area contributed by atoms with Gasteiger partial charge in [-0.2, -0.15) is 9.49 Å². The Morgan fingerprint density at radius 1 is 1.31 bits per heavy atom. The number of aromatic nitrogens is 4. The second-order valence-electron chi connectivity index (χ2n) is 5.32. The molecule has 0 unspecified atom stereocenters. The van der Waals surface area contributed by atoms with Crippen molar-refractivity contribution < 1.29 is 26.9 Å². The number of pyridine rings is 2. The SMILES string of the molecule is [2H]C([2H])([2H])COc1ccc(-c2cncc(C(=O)N/N=C/c3cc(OC([2H])([2H])[2H])cnc3F)n2)cn1. The van der Waals surface area contributed by atoms with E-state index in [0.717, 1.165) is 18.5 Å². The number of halogens is 1. The number of hydrazone groups is 1. The van der Waals surface area contributed by atoms with Gasteiger partial charge in [-0.15, -0.1) is 0 Å². The Balaban J connectivity index is 1.66. The maximum Gasteiger partial charge on any atom is 0.291 e. The molecule has 0 atom stereocenters. The topological polar surface area (TPSA) is 111 Å². The zero-order valence-corrected chi connectivity index (χ0v) is 14.7. The number of hydrogen-bond acceptors (Lipinski definition) is 8. The van der Waals surface area contributed by atoms with Gasteiger partial charge in [0.2, 0.25) is 11.8 Å². The van der Waals surface area contributed by atoms with Crippen LogP contribution in [0.25, 0.3) is 11.3 Å². The average molecular weight is 402 g/mol. The summed E-state index contributed by atoms with van der Waals surface area (Å²) >= 11 is 0. The van der Waals surface area contributed by atoms with Gasteiger partial charge in [0, 0.05) is 21.9 Å². The van der Waals surface area contributed by atoms with Crippen LogP contribution in [0, 0.1) is 5.95 Å². The minimum Gasteiger partial charge on any atom is -0.495 e. The second-order valence-corrected chi connectivity index (χ2v) is 5.32. The summed E-state index contributed by atoms with van der Waals surface area (Å²) in [4.78, 5) is 27.9. The van der Waals surface area contributed by atoms with E-state index in [2.05, 4.69) is 35.2 Å². The molecule has 148 valence electrons. The molecule has 0 spiro atoms. The van der Waals surface area contributed by atoms with E-state index in [1.54, 1.807) is 6.07 Å². The third-order valence-electron chi connectivity index (χ3n) is 3.45. The van der Waals surface area contributed by atoms with Gasteiger partial charge in [-0.05, 0) is 19.0 Å². The van der Waals surface area contributed by atoms with Crippen LogP contribution in [0.2, 0.25) is 0 Å². The maximum atomic E-state index is 13.8. The quantitative estimate of drug-likeness (QED) is 0.366. The first kappa shape index (κ1) is 13.3. The van der Waals surface area contributed by atoms with Crippen LogP contribution in [-0.2, 0) is 0 Å². The van der Waals surface area contributed by atoms with Crippen LogP contribution in [0.3, 0.4) is 0 Å². The zero-order valence-electron chi connectivity index (χ0n) is 20.7. The number of carbonyl (C=O) groups is 1. The average Bonchev–Trinajstić information content (AvgIpc) is 2.78. The molecule has 3 aromatic heterocycles. The van der Waals surface area contributed by atoms with Gasteiger partial charge in [-0.25, -0.2) is 20.4 Å². The molecule has 1 N–H and O–H groups in total. The first-order valence-corrected chi connectivity index (χ1v) is 7.99. The molecule has 10 heteroatoms. The molecule has 0 bridgehead atoms. The number of methoxy groups -OCH3 is 1. The lowest BCUT2D eigenvalue weighted by Crippen LogP contribution is -2.19. The number of nitrogens with one attached hydrogen (secondary N) is 1. The molecule has 0 fully saturated rings. The van der Waals surface area contributed by atoms with Crippen LogP contribution < -0.4 is 14.9 Å². The van der Waals surface area contributed by atoms with Crippen LogP contribution in [-0.4, -0.2) is 45.7 Å². The Bertz CT molecular complexity index is 1220. The molecule has 29 heavy (non-hydrogen) atoms. The number of carbonyl (C=O) groups excluding carboxylic acids is 1. The Kier molecular flexibility index (Phi) is 4.26. The highest BCUT2D eigenvalue weighted by Gasteiger charge is 2.10. The van der Waals surface area contributed by atoms with E-state index in [4.69, 9.17) is 13.0 Å². The fraction of sp³-hybridized carbons (Fsp3) is 0.158. The van der Waals surface area contributed by atoms with Gasteiger partial charge in [0.15, 0.2) is 0 Å². The van der Waals surface area contributed by atoms with Crippen molar-refractivity contribution in [2.24, 2.45) is 5.10 Å². The molecule has 3 heterocycles. The van der Waals surface area contributed by atoms with E-state index >= 15 is 0 Å². The Morgan fingerprint density at radius 2 is 2.24 bits per heavy atom. The van der Waals surface area contributed by atoms with Gasteiger partial charge in [-0.3, -0.25) is 9.78 Å². The van der Waals surface area contributed by atoms with Crippen molar-refractivity contribution in [1.29, 1.82) is 0 Å². The molecule has 0 radical (unpaired) electrons. The van der Waals surface area contributed by atoms with Crippen molar-refractivity contribution in [2.45, 2.75) is 6.85 Å². The smallest absolute Gasteiger partial charge is 0.291 e. The monoisotopic (exact) mass is 402 g/mol. The fourth-order valence-electron chi connectivity index (χ4n) is 2.11. The minimum atomic E-state index is -2.74. The lowest BCUT2D eigenvalue weighted by atomic mass is 10.2. The van der Waals surface area contributed by atoms with Crippen LogP contribution in [0.5, 0.6) is 11.6 Å². The summed E-state index contributed by atoms with van der Waals surface area (Å²) in [5.41, 5.74) is 2.60. The Hall–Kier alpha value is -3.95. The van der Waals surface area contributed by atoms with Gasteiger partial charge in [0.1, 0.15) is 11.4 Å². The number of hydrogen-bond donors (Lipinski definition) is 1. The third-order valence-corrected chi connectivity index (χ3v) is 3.45. The molecule has 0 aromatic carbocycles. The maximum absolute atomic E-state index is 13.8. The summed E-state index contributed by atoms with van der Waals surface area (Å²) in [7, 11) is -2.74. The first-order valence-electron chi connectivity index (χ1n) is 11.0. The molecule has 1 amide bonds. The summed E-state index contributed by atoms with van der Waals surface area (Å²) in [5.74, 6) is -1.82. The largest absolute Gasteiger partial charge is 0.495 e. The van der Waals surface area contributed by atoms with Crippen molar-refractivity contribution in [3.63, 3.8) is 0 Å². The van der Waals surface area contributed by atoms with Crippen LogP contribution in [0.1, 0.15) is 31.1 Å². The van der Waals surface area contributed by atoms with Crippen LogP contribution in [0.4, 0.5) is 4.39 Å². The number of nitrogens with zero attached hydrogens (tertiary/aromatic N) is 5. The molecular formula is C19H17FN6O3. The molecule has 0 aliphatic carbocycles. The fourth-order valence-corrected chi connectivity index (χ4v) is 2.11. The highest BCUT2D eigenvalue weighted by atomic mass is 19.1. The van der Waals surface area contributed by atoms with Gasteiger partial charge in [-0.1, -0.05) is 0 Å². The predicted molar refractivity (Wildman–Crippen MR) is 102 cm³/mol. The van der Waals surface area contributed by atoms with E-state index in [1.807, 2.05) is 0 Å². The molecule has 0 aliphatic heterocycles. The molecule has 3 aromatic rings. The lowest BCUT2D eigenvalue weighted by molar-refractivity contribution is 0.0950. The first-order chi connectivity index (χ1) is 16.4. The van der Waals surface area contributed by atoms with E-state index in [0.29, 0.717) is 11.3 Å². The van der Waals surface area contributed by atoms with E-state index in [1.165, 1.54) is 24.7 Å². The van der Waals surface area contributed by atoms with Gasteiger partial charge < -0.3 is 9.47 Å². The number of rotatable bonds is 7. The molecule has 9 nitrogen and oxygen atoms in total. The van der Waals surface area contributed by atoms with Crippen molar-refractivity contribution in [3.8, 4) is 22.9 Å². The van der Waals surface area contributed by atoms with Crippen molar-refractivity contribution in [3.05, 3.63) is 60.2 Å². The minimum absolute atomic E-state index is 0.108. The Morgan fingerprint density at radius 3 is 3.03 bits per heavy atom. The molecule has 0 aliphatic rings. The summed E-state index contributed by atoms with van der Waals surface area (Å²) in [6.07, 6.45) is 5.77. The van der Waals surface area contributed by atoms with Crippen molar-refractivity contribution in [2.75, 3.05) is 13.6 Å².